The number of para-hydroxylation sites is 2. The molecule has 3 heterocycles. The molecule has 11 aromatic rings. The van der Waals surface area contributed by atoms with Gasteiger partial charge in [0.1, 0.15) is 11.2 Å². The van der Waals surface area contributed by atoms with E-state index in [1.165, 1.54) is 0 Å². The van der Waals surface area contributed by atoms with Gasteiger partial charge in [-0.05, 0) is 47.5 Å². The number of aromatic nitrogens is 4. The highest BCUT2D eigenvalue weighted by molar-refractivity contribution is 6.25. The number of hydrogen-bond donors (Lipinski definition) is 0. The monoisotopic (exact) mass is 741 g/mol. The minimum atomic E-state index is 0.531. The molecule has 0 amide bonds. The summed E-state index contributed by atoms with van der Waals surface area (Å²) in [6.07, 6.45) is 0. The summed E-state index contributed by atoms with van der Waals surface area (Å²) in [5.41, 5.74) is 11.4. The van der Waals surface area contributed by atoms with Crippen molar-refractivity contribution in [2.75, 3.05) is 0 Å². The smallest absolute Gasteiger partial charge is 0.164 e. The van der Waals surface area contributed by atoms with E-state index in [0.717, 1.165) is 88.4 Å². The molecule has 6 nitrogen and oxygen atoms in total. The van der Waals surface area contributed by atoms with Crippen LogP contribution in [0.4, 0.5) is 0 Å². The van der Waals surface area contributed by atoms with Crippen molar-refractivity contribution in [1.82, 2.24) is 19.5 Å². The largest absolute Gasteiger partial charge is 0.456 e. The van der Waals surface area contributed by atoms with Crippen molar-refractivity contribution in [2.45, 2.75) is 0 Å². The first-order chi connectivity index (χ1) is 28.7. The van der Waals surface area contributed by atoms with E-state index in [2.05, 4.69) is 83.4 Å². The average Bonchev–Trinajstić information content (AvgIpc) is 3.85. The standard InChI is InChI=1S/C52H31N5O/c53-32-33-30-42(34-16-4-1-5-17-34)48(57-44-26-14-12-23-38(44)39-28-29-46-47(49(39)57)41-25-13-15-27-45(41)58-46)43(31-33)37-22-10-11-24-40(37)52-55-50(35-18-6-2-7-19-35)54-51(56-52)36-20-8-3-9-21-36/h1-31H. The lowest BCUT2D eigenvalue weighted by molar-refractivity contribution is 0.669. The highest BCUT2D eigenvalue weighted by Crippen LogP contribution is 2.47. The van der Waals surface area contributed by atoms with Crippen LogP contribution in [0.25, 0.3) is 106 Å². The molecule has 0 aliphatic rings. The maximum atomic E-state index is 10.7. The zero-order valence-corrected chi connectivity index (χ0v) is 31.0. The lowest BCUT2D eigenvalue weighted by atomic mass is 9.90. The Kier molecular flexibility index (Phi) is 7.76. The third-order valence-electron chi connectivity index (χ3n) is 10.9. The zero-order valence-electron chi connectivity index (χ0n) is 31.0. The van der Waals surface area contributed by atoms with Crippen molar-refractivity contribution in [3.8, 4) is 68.2 Å². The van der Waals surface area contributed by atoms with Gasteiger partial charge in [-0.1, -0.05) is 152 Å². The quantitative estimate of drug-likeness (QED) is 0.169. The Balaban J connectivity index is 1.29. The molecule has 6 heteroatoms. The van der Waals surface area contributed by atoms with Gasteiger partial charge in [0.2, 0.25) is 0 Å². The molecule has 0 aliphatic carbocycles. The minimum Gasteiger partial charge on any atom is -0.456 e. The van der Waals surface area contributed by atoms with Crippen molar-refractivity contribution in [1.29, 1.82) is 5.26 Å². The number of fused-ring (bicyclic) bond motifs is 7. The fraction of sp³-hybridized carbons (Fsp3) is 0. The Morgan fingerprint density at radius 1 is 0.431 bits per heavy atom. The molecule has 58 heavy (non-hydrogen) atoms. The topological polar surface area (TPSA) is 80.5 Å². The van der Waals surface area contributed by atoms with Crippen LogP contribution in [0.3, 0.4) is 0 Å². The number of nitrogens with zero attached hydrogens (tertiary/aromatic N) is 5. The van der Waals surface area contributed by atoms with Gasteiger partial charge in [0, 0.05) is 44.0 Å². The van der Waals surface area contributed by atoms with Crippen molar-refractivity contribution >= 4 is 43.7 Å². The van der Waals surface area contributed by atoms with Crippen LogP contribution in [-0.2, 0) is 0 Å². The molecule has 3 aromatic heterocycles. The molecule has 0 unspecified atom stereocenters. The maximum Gasteiger partial charge on any atom is 0.164 e. The molecule has 0 saturated carbocycles. The molecule has 8 aromatic carbocycles. The van der Waals surface area contributed by atoms with Gasteiger partial charge in [0.15, 0.2) is 17.5 Å². The second-order valence-corrected chi connectivity index (χ2v) is 14.3. The molecule has 0 saturated heterocycles. The van der Waals surface area contributed by atoms with Crippen LogP contribution < -0.4 is 0 Å². The van der Waals surface area contributed by atoms with Gasteiger partial charge < -0.3 is 8.98 Å². The maximum absolute atomic E-state index is 10.7. The van der Waals surface area contributed by atoms with E-state index in [1.807, 2.05) is 115 Å². The van der Waals surface area contributed by atoms with E-state index in [9.17, 15) is 5.26 Å². The summed E-state index contributed by atoms with van der Waals surface area (Å²) in [7, 11) is 0. The third-order valence-corrected chi connectivity index (χ3v) is 10.9. The minimum absolute atomic E-state index is 0.531. The molecule has 0 atom stereocenters. The normalized spacial score (nSPS) is 11.4. The second-order valence-electron chi connectivity index (χ2n) is 14.3. The molecular weight excluding hydrogens is 711 g/mol. The molecule has 0 radical (unpaired) electrons. The highest BCUT2D eigenvalue weighted by atomic mass is 16.3. The first-order valence-corrected chi connectivity index (χ1v) is 19.2. The molecule has 0 N–H and O–H groups in total. The Bertz CT molecular complexity index is 3340. The van der Waals surface area contributed by atoms with E-state index in [0.29, 0.717) is 23.0 Å². The zero-order chi connectivity index (χ0) is 38.6. The summed E-state index contributed by atoms with van der Waals surface area (Å²) in [6, 6.07) is 66.1. The van der Waals surface area contributed by atoms with Crippen LogP contribution in [0.1, 0.15) is 5.56 Å². The average molecular weight is 742 g/mol. The summed E-state index contributed by atoms with van der Waals surface area (Å²) < 4.78 is 8.88. The van der Waals surface area contributed by atoms with Crippen molar-refractivity contribution < 1.29 is 4.42 Å². The van der Waals surface area contributed by atoms with Crippen molar-refractivity contribution in [3.63, 3.8) is 0 Å². The second kappa shape index (κ2) is 13.6. The number of nitriles is 1. The molecular formula is C52H31N5O. The van der Waals surface area contributed by atoms with Crippen molar-refractivity contribution in [3.05, 3.63) is 194 Å². The number of benzene rings is 8. The summed E-state index contributed by atoms with van der Waals surface area (Å²) in [5, 5.41) is 15.0. The van der Waals surface area contributed by atoms with Gasteiger partial charge in [-0.3, -0.25) is 0 Å². The van der Waals surface area contributed by atoms with Gasteiger partial charge in [0.05, 0.1) is 33.7 Å². The van der Waals surface area contributed by atoms with Crippen LogP contribution in [0.5, 0.6) is 0 Å². The lowest BCUT2D eigenvalue weighted by Crippen LogP contribution is -2.04. The number of furan rings is 1. The van der Waals surface area contributed by atoms with Gasteiger partial charge in [0.25, 0.3) is 0 Å². The van der Waals surface area contributed by atoms with Crippen LogP contribution in [0.2, 0.25) is 0 Å². The first-order valence-electron chi connectivity index (χ1n) is 19.2. The fourth-order valence-electron chi connectivity index (χ4n) is 8.32. The summed E-state index contributed by atoms with van der Waals surface area (Å²) in [4.78, 5) is 15.3. The van der Waals surface area contributed by atoms with Gasteiger partial charge in [-0.25, -0.2) is 15.0 Å². The van der Waals surface area contributed by atoms with E-state index in [4.69, 9.17) is 19.4 Å². The summed E-state index contributed by atoms with van der Waals surface area (Å²) in [5.74, 6) is 1.68. The molecule has 0 fully saturated rings. The number of hydrogen-bond acceptors (Lipinski definition) is 5. The van der Waals surface area contributed by atoms with Gasteiger partial charge in [-0.2, -0.15) is 5.26 Å². The van der Waals surface area contributed by atoms with E-state index < -0.39 is 0 Å². The number of rotatable bonds is 6. The van der Waals surface area contributed by atoms with Gasteiger partial charge in [-0.15, -0.1) is 0 Å². The first kappa shape index (κ1) is 33.2. The van der Waals surface area contributed by atoms with Crippen LogP contribution in [0, 0.1) is 11.3 Å². The molecule has 0 aliphatic heterocycles. The molecule has 0 bridgehead atoms. The van der Waals surface area contributed by atoms with Crippen LogP contribution in [0.15, 0.2) is 192 Å². The Morgan fingerprint density at radius 2 is 0.983 bits per heavy atom. The third kappa shape index (κ3) is 5.37. The Labute approximate surface area is 333 Å². The van der Waals surface area contributed by atoms with Crippen LogP contribution in [-0.4, -0.2) is 19.5 Å². The van der Waals surface area contributed by atoms with Crippen molar-refractivity contribution in [2.24, 2.45) is 0 Å². The lowest BCUT2D eigenvalue weighted by Gasteiger charge is -2.21. The Hall–Kier alpha value is -8.14. The molecule has 0 spiro atoms. The van der Waals surface area contributed by atoms with Crippen LogP contribution >= 0.6 is 0 Å². The van der Waals surface area contributed by atoms with E-state index in [-0.39, 0.29) is 0 Å². The fourth-order valence-corrected chi connectivity index (χ4v) is 8.32. The predicted octanol–water partition coefficient (Wildman–Crippen LogP) is 13.1. The summed E-state index contributed by atoms with van der Waals surface area (Å²) in [6.45, 7) is 0. The van der Waals surface area contributed by atoms with E-state index >= 15 is 0 Å². The molecule has 11 rings (SSSR count). The highest BCUT2D eigenvalue weighted by Gasteiger charge is 2.26. The SMILES string of the molecule is N#Cc1cc(-c2ccccc2)c(-n2c3ccccc3c3ccc4oc5ccccc5c4c32)c(-c2ccccc2-c2nc(-c3ccccc3)nc(-c3ccccc3)n2)c1. The van der Waals surface area contributed by atoms with E-state index in [1.54, 1.807) is 0 Å². The van der Waals surface area contributed by atoms with Gasteiger partial charge >= 0.3 is 0 Å². The Morgan fingerprint density at radius 3 is 1.67 bits per heavy atom. The molecule has 270 valence electrons. The summed E-state index contributed by atoms with van der Waals surface area (Å²) >= 11 is 0. The predicted molar refractivity (Wildman–Crippen MR) is 233 cm³/mol.